The molecule has 1 heterocycles. The van der Waals surface area contributed by atoms with Gasteiger partial charge in [-0.15, -0.1) is 0 Å². The molecule has 6 heteroatoms. The second-order valence-corrected chi connectivity index (χ2v) is 7.15. The lowest BCUT2D eigenvalue weighted by atomic mass is 9.82. The van der Waals surface area contributed by atoms with Crippen LogP contribution in [-0.4, -0.2) is 56.2 Å². The fourth-order valence-corrected chi connectivity index (χ4v) is 2.92. The maximum absolute atomic E-state index is 11.9. The summed E-state index contributed by atoms with van der Waals surface area (Å²) in [7, 11) is 0. The number of hydrogen-bond donors (Lipinski definition) is 2. The van der Waals surface area contributed by atoms with Gasteiger partial charge in [-0.2, -0.15) is 0 Å². The molecule has 0 aromatic rings. The molecule has 128 valence electrons. The third kappa shape index (κ3) is 5.11. The summed E-state index contributed by atoms with van der Waals surface area (Å²) in [6.45, 7) is 10.9. The number of amides is 1. The Kier molecular flexibility index (Phi) is 6.06. The number of hydrogen-bond acceptors (Lipinski definition) is 5. The van der Waals surface area contributed by atoms with E-state index in [1.54, 1.807) is 0 Å². The topological polar surface area (TPSA) is 68.8 Å². The molecule has 2 N–H and O–H groups in total. The molecule has 0 radical (unpaired) electrons. The van der Waals surface area contributed by atoms with E-state index in [0.717, 1.165) is 32.6 Å². The van der Waals surface area contributed by atoms with Gasteiger partial charge in [0.05, 0.1) is 24.8 Å². The van der Waals surface area contributed by atoms with Crippen LogP contribution >= 0.6 is 0 Å². The molecular weight excluding hydrogens is 284 g/mol. The summed E-state index contributed by atoms with van der Waals surface area (Å²) in [6.07, 6.45) is 1.73. The molecule has 0 spiro atoms. The zero-order valence-electron chi connectivity index (χ0n) is 14.2. The van der Waals surface area contributed by atoms with Crippen LogP contribution in [0.15, 0.2) is 0 Å². The van der Waals surface area contributed by atoms with E-state index < -0.39 is 5.60 Å². The summed E-state index contributed by atoms with van der Waals surface area (Å²) in [5.41, 5.74) is -0.475. The van der Waals surface area contributed by atoms with Crippen LogP contribution in [0.2, 0.25) is 0 Å². The van der Waals surface area contributed by atoms with E-state index in [-0.39, 0.29) is 24.3 Å². The molecule has 4 atom stereocenters. The summed E-state index contributed by atoms with van der Waals surface area (Å²) >= 11 is 0. The predicted octanol–water partition coefficient (Wildman–Crippen LogP) is 1.68. The van der Waals surface area contributed by atoms with Crippen molar-refractivity contribution in [3.8, 4) is 0 Å². The highest BCUT2D eigenvalue weighted by Gasteiger charge is 2.43. The Morgan fingerprint density at radius 3 is 2.73 bits per heavy atom. The average Bonchev–Trinajstić information content (AvgIpc) is 2.88. The van der Waals surface area contributed by atoms with Crippen molar-refractivity contribution in [1.29, 1.82) is 0 Å². The molecule has 6 nitrogen and oxygen atoms in total. The quantitative estimate of drug-likeness (QED) is 0.781. The van der Waals surface area contributed by atoms with Gasteiger partial charge >= 0.3 is 6.09 Å². The van der Waals surface area contributed by atoms with Gasteiger partial charge < -0.3 is 24.8 Å². The van der Waals surface area contributed by atoms with Crippen LogP contribution in [0.25, 0.3) is 0 Å². The fraction of sp³-hybridized carbons (Fsp3) is 0.938. The van der Waals surface area contributed by atoms with Gasteiger partial charge in [0.2, 0.25) is 0 Å². The summed E-state index contributed by atoms with van der Waals surface area (Å²) < 4.78 is 16.5. The van der Waals surface area contributed by atoms with Gasteiger partial charge in [0.1, 0.15) is 5.60 Å². The summed E-state index contributed by atoms with van der Waals surface area (Å²) in [5.74, 6) is 0.560. The molecule has 1 amide bonds. The third-order valence-corrected chi connectivity index (χ3v) is 4.07. The molecular formula is C16H30N2O4. The minimum Gasteiger partial charge on any atom is -0.444 e. The number of nitrogens with one attached hydrogen (secondary N) is 2. The molecule has 1 saturated carbocycles. The van der Waals surface area contributed by atoms with Gasteiger partial charge in [0.15, 0.2) is 0 Å². The van der Waals surface area contributed by atoms with E-state index in [9.17, 15) is 4.79 Å². The fourth-order valence-electron chi connectivity index (χ4n) is 2.92. The molecule has 2 fully saturated rings. The molecule has 4 unspecified atom stereocenters. The summed E-state index contributed by atoms with van der Waals surface area (Å²) in [5, 5.41) is 6.49. The molecule has 1 saturated heterocycles. The lowest BCUT2D eigenvalue weighted by molar-refractivity contribution is -0.0442. The van der Waals surface area contributed by atoms with Crippen LogP contribution in [0.1, 0.15) is 40.5 Å². The number of alkyl carbamates (subject to hydrolysis) is 1. The van der Waals surface area contributed by atoms with Crippen LogP contribution in [0, 0.1) is 5.92 Å². The van der Waals surface area contributed by atoms with Gasteiger partial charge in [-0.25, -0.2) is 4.79 Å². The van der Waals surface area contributed by atoms with Crippen molar-refractivity contribution in [2.24, 2.45) is 5.92 Å². The molecule has 2 rings (SSSR count). The molecule has 0 bridgehead atoms. The first-order valence-electron chi connectivity index (χ1n) is 8.31. The van der Waals surface area contributed by atoms with Gasteiger partial charge in [-0.1, -0.05) is 0 Å². The zero-order valence-corrected chi connectivity index (χ0v) is 14.2. The van der Waals surface area contributed by atoms with Crippen LogP contribution < -0.4 is 10.6 Å². The highest BCUT2D eigenvalue weighted by Crippen LogP contribution is 2.25. The Morgan fingerprint density at radius 1 is 1.36 bits per heavy atom. The Hall–Kier alpha value is -0.850. The monoisotopic (exact) mass is 314 g/mol. The van der Waals surface area contributed by atoms with E-state index >= 15 is 0 Å². The van der Waals surface area contributed by atoms with E-state index in [0.29, 0.717) is 12.5 Å². The van der Waals surface area contributed by atoms with Gasteiger partial charge in [-0.05, 0) is 46.5 Å². The highest BCUT2D eigenvalue weighted by atomic mass is 16.6. The second-order valence-electron chi connectivity index (χ2n) is 7.15. The van der Waals surface area contributed by atoms with Crippen molar-refractivity contribution in [1.82, 2.24) is 10.6 Å². The Balaban J connectivity index is 1.80. The van der Waals surface area contributed by atoms with Crippen molar-refractivity contribution in [2.45, 2.75) is 64.3 Å². The Labute approximate surface area is 133 Å². The van der Waals surface area contributed by atoms with Gasteiger partial charge in [0, 0.05) is 19.8 Å². The molecule has 0 aromatic carbocycles. The molecule has 0 aromatic heterocycles. The maximum atomic E-state index is 11.9. The van der Waals surface area contributed by atoms with Gasteiger partial charge in [0.25, 0.3) is 0 Å². The summed E-state index contributed by atoms with van der Waals surface area (Å²) in [4.78, 5) is 11.9. The normalized spacial score (nSPS) is 31.6. The van der Waals surface area contributed by atoms with Crippen molar-refractivity contribution in [2.75, 3.05) is 26.4 Å². The van der Waals surface area contributed by atoms with Crippen molar-refractivity contribution in [3.63, 3.8) is 0 Å². The Morgan fingerprint density at radius 2 is 2.14 bits per heavy atom. The smallest absolute Gasteiger partial charge is 0.407 e. The SMILES string of the molecule is CCOC1CC(NC(=O)OC(C)(C)C)C1NCC1CCOC1. The first-order valence-corrected chi connectivity index (χ1v) is 8.31. The van der Waals surface area contributed by atoms with Crippen LogP contribution in [0.5, 0.6) is 0 Å². The molecule has 1 aliphatic heterocycles. The summed E-state index contributed by atoms with van der Waals surface area (Å²) in [6, 6.07) is 0.210. The first-order chi connectivity index (χ1) is 10.4. The molecule has 22 heavy (non-hydrogen) atoms. The van der Waals surface area contributed by atoms with E-state index in [4.69, 9.17) is 14.2 Å². The van der Waals surface area contributed by atoms with E-state index in [1.807, 2.05) is 27.7 Å². The number of ether oxygens (including phenoxy) is 3. The standard InChI is InChI=1S/C16H30N2O4/c1-5-21-13-8-12(18-15(19)22-16(2,3)4)14(13)17-9-11-6-7-20-10-11/h11-14,17H,5-10H2,1-4H3,(H,18,19). The molecule has 1 aliphatic carbocycles. The average molecular weight is 314 g/mol. The predicted molar refractivity (Wildman–Crippen MR) is 83.9 cm³/mol. The third-order valence-electron chi connectivity index (χ3n) is 4.07. The lowest BCUT2D eigenvalue weighted by Gasteiger charge is -2.45. The van der Waals surface area contributed by atoms with Crippen molar-refractivity contribution < 1.29 is 19.0 Å². The van der Waals surface area contributed by atoms with Crippen LogP contribution in [0.3, 0.4) is 0 Å². The van der Waals surface area contributed by atoms with Crippen molar-refractivity contribution in [3.05, 3.63) is 0 Å². The van der Waals surface area contributed by atoms with E-state index in [2.05, 4.69) is 10.6 Å². The van der Waals surface area contributed by atoms with Crippen molar-refractivity contribution >= 4 is 6.09 Å². The van der Waals surface area contributed by atoms with Gasteiger partial charge in [-0.3, -0.25) is 0 Å². The second kappa shape index (κ2) is 7.62. The highest BCUT2D eigenvalue weighted by molar-refractivity contribution is 5.68. The lowest BCUT2D eigenvalue weighted by Crippen LogP contribution is -2.66. The Bertz CT molecular complexity index is 364. The minimum atomic E-state index is -0.475. The number of rotatable bonds is 6. The van der Waals surface area contributed by atoms with Crippen LogP contribution in [-0.2, 0) is 14.2 Å². The first kappa shape index (κ1) is 17.5. The molecule has 2 aliphatic rings. The number of carbonyl (C=O) groups is 1. The number of carbonyl (C=O) groups excluding carboxylic acids is 1. The van der Waals surface area contributed by atoms with Crippen LogP contribution in [0.4, 0.5) is 4.79 Å². The minimum absolute atomic E-state index is 0.0636. The van der Waals surface area contributed by atoms with E-state index in [1.165, 1.54) is 0 Å². The zero-order chi connectivity index (χ0) is 16.2. The maximum Gasteiger partial charge on any atom is 0.407 e. The largest absolute Gasteiger partial charge is 0.444 e.